The number of nitrogens with one attached hydrogen (secondary N) is 2. The highest BCUT2D eigenvalue weighted by Crippen LogP contribution is 2.18. The summed E-state index contributed by atoms with van der Waals surface area (Å²) in [6.07, 6.45) is 0.920. The van der Waals surface area contributed by atoms with Crippen LogP contribution in [-0.2, 0) is 17.7 Å². The third-order valence-corrected chi connectivity index (χ3v) is 6.60. The van der Waals surface area contributed by atoms with Gasteiger partial charge in [-0.1, -0.05) is 43.3 Å². The first-order valence-electron chi connectivity index (χ1n) is 11.6. The lowest BCUT2D eigenvalue weighted by Crippen LogP contribution is -2.44. The summed E-state index contributed by atoms with van der Waals surface area (Å²) in [7, 11) is 0. The van der Waals surface area contributed by atoms with Gasteiger partial charge >= 0.3 is 0 Å². The van der Waals surface area contributed by atoms with E-state index in [1.165, 1.54) is 5.56 Å². The molecule has 4 rings (SSSR count). The zero-order valence-electron chi connectivity index (χ0n) is 19.4. The van der Waals surface area contributed by atoms with Crippen molar-refractivity contribution in [3.8, 4) is 0 Å². The number of pyridine rings is 1. The SMILES string of the molecule is CCc1ccccc1NC(=S)N(CCN1CCOCC1)Cc1cc2cccc(C)c2[nH]c1=O. The molecule has 2 heterocycles. The van der Waals surface area contributed by atoms with Crippen LogP contribution < -0.4 is 10.9 Å². The summed E-state index contributed by atoms with van der Waals surface area (Å²) in [5.74, 6) is 0. The first kappa shape index (κ1) is 23.4. The van der Waals surface area contributed by atoms with Crippen LogP contribution in [0.5, 0.6) is 0 Å². The molecule has 2 aromatic carbocycles. The summed E-state index contributed by atoms with van der Waals surface area (Å²) in [6, 6.07) is 16.3. The molecule has 0 amide bonds. The number of rotatable bonds is 7. The van der Waals surface area contributed by atoms with E-state index in [-0.39, 0.29) is 5.56 Å². The topological polar surface area (TPSA) is 60.6 Å². The van der Waals surface area contributed by atoms with Crippen LogP contribution in [0.25, 0.3) is 10.9 Å². The van der Waals surface area contributed by atoms with Gasteiger partial charge in [-0.3, -0.25) is 9.69 Å². The number of morpholine rings is 1. The Kier molecular flexibility index (Phi) is 7.75. The van der Waals surface area contributed by atoms with Crippen LogP contribution in [0.15, 0.2) is 53.3 Å². The Morgan fingerprint density at radius 3 is 2.73 bits per heavy atom. The third-order valence-electron chi connectivity index (χ3n) is 6.24. The van der Waals surface area contributed by atoms with Crippen molar-refractivity contribution in [2.45, 2.75) is 26.8 Å². The van der Waals surface area contributed by atoms with Crippen molar-refractivity contribution in [1.82, 2.24) is 14.8 Å². The van der Waals surface area contributed by atoms with Gasteiger partial charge in [0.15, 0.2) is 5.11 Å². The van der Waals surface area contributed by atoms with E-state index >= 15 is 0 Å². The molecule has 0 saturated carbocycles. The van der Waals surface area contributed by atoms with Crippen LogP contribution in [0.1, 0.15) is 23.6 Å². The van der Waals surface area contributed by atoms with Crippen LogP contribution in [0.4, 0.5) is 5.69 Å². The van der Waals surface area contributed by atoms with E-state index < -0.39 is 0 Å². The summed E-state index contributed by atoms with van der Waals surface area (Å²) >= 11 is 5.85. The Balaban J connectivity index is 1.58. The standard InChI is InChI=1S/C26H32N4O2S/c1-3-20-8-4-5-10-23(20)27-26(33)30(12-11-29-13-15-32-16-14-29)18-22-17-21-9-6-7-19(2)24(21)28-25(22)31/h4-10,17H,3,11-16,18H2,1-2H3,(H,27,33)(H,28,31). The molecule has 6 nitrogen and oxygen atoms in total. The van der Waals surface area contributed by atoms with Crippen LogP contribution in [0.2, 0.25) is 0 Å². The minimum atomic E-state index is -0.0649. The van der Waals surface area contributed by atoms with Crippen LogP contribution in [0.3, 0.4) is 0 Å². The van der Waals surface area contributed by atoms with Gasteiger partial charge in [-0.25, -0.2) is 0 Å². The number of anilines is 1. The number of aromatic amines is 1. The summed E-state index contributed by atoms with van der Waals surface area (Å²) in [5.41, 5.74) is 4.83. The number of hydrogen-bond acceptors (Lipinski definition) is 4. The van der Waals surface area contributed by atoms with Gasteiger partial charge in [0.25, 0.3) is 5.56 Å². The molecular formula is C26H32N4O2S. The first-order chi connectivity index (χ1) is 16.0. The fourth-order valence-corrected chi connectivity index (χ4v) is 4.50. The fraction of sp³-hybridized carbons (Fsp3) is 0.385. The highest BCUT2D eigenvalue weighted by atomic mass is 32.1. The van der Waals surface area contributed by atoms with E-state index in [9.17, 15) is 4.79 Å². The molecule has 1 fully saturated rings. The Morgan fingerprint density at radius 2 is 1.94 bits per heavy atom. The van der Waals surface area contributed by atoms with Gasteiger partial charge in [0.1, 0.15) is 0 Å². The van der Waals surface area contributed by atoms with Gasteiger partial charge in [0, 0.05) is 37.4 Å². The van der Waals surface area contributed by atoms with Crippen molar-refractivity contribution in [3.63, 3.8) is 0 Å². The lowest BCUT2D eigenvalue weighted by Gasteiger charge is -2.31. The number of nitrogens with zero attached hydrogens (tertiary/aromatic N) is 2. The Morgan fingerprint density at radius 1 is 1.15 bits per heavy atom. The fourth-order valence-electron chi connectivity index (χ4n) is 4.24. The molecule has 1 aliphatic heterocycles. The maximum absolute atomic E-state index is 12.9. The zero-order chi connectivity index (χ0) is 23.2. The van der Waals surface area contributed by atoms with Crippen LogP contribution >= 0.6 is 12.2 Å². The molecule has 174 valence electrons. The minimum Gasteiger partial charge on any atom is -0.379 e. The number of thiocarbonyl (C=S) groups is 1. The average molecular weight is 465 g/mol. The van der Waals surface area contributed by atoms with Crippen molar-refractivity contribution in [3.05, 3.63) is 75.6 Å². The highest BCUT2D eigenvalue weighted by Gasteiger charge is 2.17. The summed E-state index contributed by atoms with van der Waals surface area (Å²) < 4.78 is 5.48. The molecule has 0 spiro atoms. The normalized spacial score (nSPS) is 14.4. The molecule has 0 aliphatic carbocycles. The summed E-state index contributed by atoms with van der Waals surface area (Å²) in [4.78, 5) is 20.5. The molecule has 1 saturated heterocycles. The Labute approximate surface area is 200 Å². The number of ether oxygens (including phenoxy) is 1. The number of aromatic nitrogens is 1. The molecule has 0 radical (unpaired) electrons. The second-order valence-corrected chi connectivity index (χ2v) is 8.87. The number of H-pyrrole nitrogens is 1. The molecule has 0 bridgehead atoms. The largest absolute Gasteiger partial charge is 0.379 e. The molecule has 0 unspecified atom stereocenters. The first-order valence-corrected chi connectivity index (χ1v) is 12.0. The van der Waals surface area contributed by atoms with Crippen molar-refractivity contribution in [2.24, 2.45) is 0 Å². The zero-order valence-corrected chi connectivity index (χ0v) is 20.2. The molecule has 0 atom stereocenters. The second kappa shape index (κ2) is 10.9. The predicted molar refractivity (Wildman–Crippen MR) is 139 cm³/mol. The van der Waals surface area contributed by atoms with E-state index in [0.29, 0.717) is 17.2 Å². The van der Waals surface area contributed by atoms with E-state index in [1.54, 1.807) is 0 Å². The molecule has 7 heteroatoms. The second-order valence-electron chi connectivity index (χ2n) is 8.48. The van der Waals surface area contributed by atoms with Gasteiger partial charge in [0.2, 0.25) is 0 Å². The number of fused-ring (bicyclic) bond motifs is 1. The minimum absolute atomic E-state index is 0.0649. The quantitative estimate of drug-likeness (QED) is 0.517. The lowest BCUT2D eigenvalue weighted by molar-refractivity contribution is 0.0358. The predicted octanol–water partition coefficient (Wildman–Crippen LogP) is 3.93. The third kappa shape index (κ3) is 5.79. The molecule has 2 N–H and O–H groups in total. The van der Waals surface area contributed by atoms with E-state index in [2.05, 4.69) is 39.2 Å². The van der Waals surface area contributed by atoms with Crippen LogP contribution in [0, 0.1) is 6.92 Å². The number of hydrogen-bond donors (Lipinski definition) is 2. The maximum atomic E-state index is 12.9. The van der Waals surface area contributed by atoms with Crippen molar-refractivity contribution >= 4 is 33.9 Å². The van der Waals surface area contributed by atoms with Gasteiger partial charge in [0.05, 0.1) is 25.3 Å². The summed E-state index contributed by atoms with van der Waals surface area (Å²) in [5, 5.41) is 5.10. The molecule has 1 aliphatic rings. The van der Waals surface area contributed by atoms with E-state index in [4.69, 9.17) is 17.0 Å². The number of benzene rings is 2. The smallest absolute Gasteiger partial charge is 0.253 e. The van der Waals surface area contributed by atoms with E-state index in [1.807, 2.05) is 43.3 Å². The van der Waals surface area contributed by atoms with Gasteiger partial charge in [-0.2, -0.15) is 0 Å². The monoisotopic (exact) mass is 464 g/mol. The molecule has 1 aromatic heterocycles. The van der Waals surface area contributed by atoms with E-state index in [0.717, 1.165) is 68.0 Å². The molecular weight excluding hydrogens is 432 g/mol. The molecule has 33 heavy (non-hydrogen) atoms. The Hall–Kier alpha value is -2.74. The number of para-hydroxylation sites is 2. The lowest BCUT2D eigenvalue weighted by atomic mass is 10.1. The molecule has 3 aromatic rings. The van der Waals surface area contributed by atoms with Crippen molar-refractivity contribution < 1.29 is 4.74 Å². The maximum Gasteiger partial charge on any atom is 0.253 e. The highest BCUT2D eigenvalue weighted by molar-refractivity contribution is 7.80. The Bertz CT molecular complexity index is 1170. The van der Waals surface area contributed by atoms with Crippen LogP contribution in [-0.4, -0.2) is 59.3 Å². The van der Waals surface area contributed by atoms with Crippen molar-refractivity contribution in [2.75, 3.05) is 44.7 Å². The van der Waals surface area contributed by atoms with Gasteiger partial charge in [-0.15, -0.1) is 0 Å². The summed E-state index contributed by atoms with van der Waals surface area (Å²) in [6.45, 7) is 9.55. The van der Waals surface area contributed by atoms with Gasteiger partial charge in [-0.05, 0) is 54.2 Å². The number of aryl methyl sites for hydroxylation is 2. The van der Waals surface area contributed by atoms with Gasteiger partial charge < -0.3 is 19.9 Å². The average Bonchev–Trinajstić information content (AvgIpc) is 2.83. The van der Waals surface area contributed by atoms with Crippen molar-refractivity contribution in [1.29, 1.82) is 0 Å².